The zero-order valence-corrected chi connectivity index (χ0v) is 14.1. The molecule has 1 saturated heterocycles. The Morgan fingerprint density at radius 1 is 1.45 bits per heavy atom. The highest BCUT2D eigenvalue weighted by Gasteiger charge is 2.35. The Hall–Kier alpha value is -0.450. The van der Waals surface area contributed by atoms with E-state index < -0.39 is 0 Å². The summed E-state index contributed by atoms with van der Waals surface area (Å²) in [6.07, 6.45) is 2.25. The second-order valence-corrected chi connectivity index (χ2v) is 6.81. The number of halogens is 2. The maximum absolute atomic E-state index is 13.2. The van der Waals surface area contributed by atoms with Gasteiger partial charge in [-0.05, 0) is 37.5 Å². The van der Waals surface area contributed by atoms with Crippen molar-refractivity contribution in [3.8, 4) is 0 Å². The molecule has 0 aromatic heterocycles. The van der Waals surface area contributed by atoms with Crippen molar-refractivity contribution in [3.63, 3.8) is 0 Å². The molecule has 0 saturated carbocycles. The van der Waals surface area contributed by atoms with Crippen molar-refractivity contribution in [2.75, 3.05) is 13.1 Å². The average Bonchev–Trinajstić information content (AvgIpc) is 2.44. The van der Waals surface area contributed by atoms with E-state index >= 15 is 0 Å². The maximum atomic E-state index is 13.2. The molecule has 4 heteroatoms. The Morgan fingerprint density at radius 2 is 2.20 bits per heavy atom. The van der Waals surface area contributed by atoms with E-state index in [2.05, 4.69) is 46.9 Å². The Balaban J connectivity index is 2.18. The zero-order valence-electron chi connectivity index (χ0n) is 12.5. The lowest BCUT2D eigenvalue weighted by molar-refractivity contribution is 0.0406. The molecule has 2 unspecified atom stereocenters. The molecule has 1 aliphatic heterocycles. The van der Waals surface area contributed by atoms with Crippen LogP contribution in [0.5, 0.6) is 0 Å². The van der Waals surface area contributed by atoms with Crippen LogP contribution < -0.4 is 5.32 Å². The van der Waals surface area contributed by atoms with Crippen LogP contribution in [0.1, 0.15) is 39.2 Å². The molecule has 0 amide bonds. The number of benzene rings is 1. The molecule has 2 nitrogen and oxygen atoms in total. The summed E-state index contributed by atoms with van der Waals surface area (Å²) in [4.78, 5) is 2.54. The van der Waals surface area contributed by atoms with Crippen LogP contribution in [0.25, 0.3) is 0 Å². The van der Waals surface area contributed by atoms with Crippen molar-refractivity contribution in [2.24, 2.45) is 0 Å². The van der Waals surface area contributed by atoms with E-state index in [-0.39, 0.29) is 11.4 Å². The quantitative estimate of drug-likeness (QED) is 0.891. The summed E-state index contributed by atoms with van der Waals surface area (Å²) < 4.78 is 14.1. The minimum Gasteiger partial charge on any atom is -0.311 e. The number of nitrogens with zero attached hydrogens (tertiary/aromatic N) is 1. The summed E-state index contributed by atoms with van der Waals surface area (Å²) in [5.41, 5.74) is 1.32. The van der Waals surface area contributed by atoms with E-state index in [9.17, 15) is 4.39 Å². The predicted octanol–water partition coefficient (Wildman–Crippen LogP) is 3.94. The van der Waals surface area contributed by atoms with E-state index in [1.54, 1.807) is 12.1 Å². The maximum Gasteiger partial charge on any atom is 0.124 e. The van der Waals surface area contributed by atoms with Crippen LogP contribution >= 0.6 is 15.9 Å². The summed E-state index contributed by atoms with van der Waals surface area (Å²) in [7, 11) is 0. The second kappa shape index (κ2) is 6.54. The fourth-order valence-corrected chi connectivity index (χ4v) is 3.24. The molecule has 2 rings (SSSR count). The van der Waals surface area contributed by atoms with Crippen molar-refractivity contribution in [3.05, 3.63) is 34.1 Å². The SMILES string of the molecule is CCC1CN(Cc2ccc(F)cc2Br)C(C)(CC)CN1. The molecular weight excluding hydrogens is 319 g/mol. The van der Waals surface area contributed by atoms with Crippen molar-refractivity contribution in [1.29, 1.82) is 0 Å². The van der Waals surface area contributed by atoms with Gasteiger partial charge in [0.15, 0.2) is 0 Å². The molecule has 2 atom stereocenters. The normalized spacial score (nSPS) is 27.8. The van der Waals surface area contributed by atoms with Gasteiger partial charge in [0.2, 0.25) is 0 Å². The van der Waals surface area contributed by atoms with Crippen LogP contribution in [0.2, 0.25) is 0 Å². The van der Waals surface area contributed by atoms with Crippen LogP contribution in [-0.2, 0) is 6.54 Å². The summed E-state index contributed by atoms with van der Waals surface area (Å²) in [5, 5.41) is 3.64. The minimum atomic E-state index is -0.189. The number of rotatable bonds is 4. The number of hydrogen-bond donors (Lipinski definition) is 1. The molecule has 1 N–H and O–H groups in total. The highest BCUT2D eigenvalue weighted by Crippen LogP contribution is 2.28. The smallest absolute Gasteiger partial charge is 0.124 e. The molecule has 1 fully saturated rings. The number of piperazine rings is 1. The van der Waals surface area contributed by atoms with Gasteiger partial charge in [-0.15, -0.1) is 0 Å². The second-order valence-electron chi connectivity index (χ2n) is 5.95. The molecule has 112 valence electrons. The summed E-state index contributed by atoms with van der Waals surface area (Å²) >= 11 is 3.48. The van der Waals surface area contributed by atoms with Gasteiger partial charge in [-0.1, -0.05) is 35.8 Å². The van der Waals surface area contributed by atoms with Gasteiger partial charge in [-0.25, -0.2) is 4.39 Å². The number of hydrogen-bond acceptors (Lipinski definition) is 2. The highest BCUT2D eigenvalue weighted by molar-refractivity contribution is 9.10. The topological polar surface area (TPSA) is 15.3 Å². The highest BCUT2D eigenvalue weighted by atomic mass is 79.9. The average molecular weight is 343 g/mol. The van der Waals surface area contributed by atoms with E-state index in [0.29, 0.717) is 6.04 Å². The molecule has 1 aliphatic rings. The molecule has 0 bridgehead atoms. The first-order valence-electron chi connectivity index (χ1n) is 7.41. The summed E-state index contributed by atoms with van der Waals surface area (Å²) in [5.74, 6) is -0.189. The van der Waals surface area contributed by atoms with Gasteiger partial charge in [-0.2, -0.15) is 0 Å². The standard InChI is InChI=1S/C16H24BrFN2/c1-4-14-10-20(16(3,5-2)11-19-14)9-12-6-7-13(18)8-15(12)17/h6-8,14,19H,4-5,9-11H2,1-3H3. The Bertz CT molecular complexity index is 466. The first kappa shape index (κ1) is 15.9. The molecule has 1 heterocycles. The Morgan fingerprint density at radius 3 is 2.80 bits per heavy atom. The molecule has 0 radical (unpaired) electrons. The zero-order chi connectivity index (χ0) is 14.8. The fraction of sp³-hybridized carbons (Fsp3) is 0.625. The molecule has 0 aliphatic carbocycles. The van der Waals surface area contributed by atoms with Gasteiger partial charge < -0.3 is 5.32 Å². The third-order valence-electron chi connectivity index (χ3n) is 4.61. The van der Waals surface area contributed by atoms with Crippen LogP contribution in [0.4, 0.5) is 4.39 Å². The van der Waals surface area contributed by atoms with Crippen LogP contribution in [-0.4, -0.2) is 29.6 Å². The van der Waals surface area contributed by atoms with Crippen molar-refractivity contribution >= 4 is 15.9 Å². The van der Waals surface area contributed by atoms with Gasteiger partial charge in [0, 0.05) is 35.7 Å². The monoisotopic (exact) mass is 342 g/mol. The van der Waals surface area contributed by atoms with E-state index in [1.807, 2.05) is 6.07 Å². The lowest BCUT2D eigenvalue weighted by Crippen LogP contribution is -2.62. The molecular formula is C16H24BrFN2. The Kier molecular flexibility index (Phi) is 5.21. The summed E-state index contributed by atoms with van der Waals surface area (Å²) in [6.45, 7) is 9.69. The van der Waals surface area contributed by atoms with Crippen LogP contribution in [0.15, 0.2) is 22.7 Å². The minimum absolute atomic E-state index is 0.166. The van der Waals surface area contributed by atoms with Gasteiger partial charge >= 0.3 is 0 Å². The summed E-state index contributed by atoms with van der Waals surface area (Å²) in [6, 6.07) is 5.54. The van der Waals surface area contributed by atoms with Gasteiger partial charge in [0.05, 0.1) is 0 Å². The third kappa shape index (κ3) is 3.41. The molecule has 0 spiro atoms. The molecule has 1 aromatic rings. The first-order valence-corrected chi connectivity index (χ1v) is 8.20. The van der Waals surface area contributed by atoms with Gasteiger partial charge in [-0.3, -0.25) is 4.90 Å². The van der Waals surface area contributed by atoms with Crippen molar-refractivity contribution in [2.45, 2.75) is 51.7 Å². The van der Waals surface area contributed by atoms with Crippen LogP contribution in [0.3, 0.4) is 0 Å². The molecule has 1 aromatic carbocycles. The fourth-order valence-electron chi connectivity index (χ4n) is 2.76. The largest absolute Gasteiger partial charge is 0.311 e. The lowest BCUT2D eigenvalue weighted by Gasteiger charge is -2.48. The first-order chi connectivity index (χ1) is 9.48. The van der Waals surface area contributed by atoms with E-state index in [1.165, 1.54) is 0 Å². The molecule has 20 heavy (non-hydrogen) atoms. The van der Waals surface area contributed by atoms with Crippen molar-refractivity contribution in [1.82, 2.24) is 10.2 Å². The van der Waals surface area contributed by atoms with E-state index in [0.717, 1.165) is 42.5 Å². The van der Waals surface area contributed by atoms with Gasteiger partial charge in [0.25, 0.3) is 0 Å². The van der Waals surface area contributed by atoms with Gasteiger partial charge in [0.1, 0.15) is 5.82 Å². The van der Waals surface area contributed by atoms with Crippen molar-refractivity contribution < 1.29 is 4.39 Å². The number of nitrogens with one attached hydrogen (secondary N) is 1. The Labute approximate surface area is 129 Å². The van der Waals surface area contributed by atoms with Crippen LogP contribution in [0, 0.1) is 5.82 Å². The predicted molar refractivity (Wildman–Crippen MR) is 85.3 cm³/mol. The third-order valence-corrected chi connectivity index (χ3v) is 5.34. The van der Waals surface area contributed by atoms with E-state index in [4.69, 9.17) is 0 Å². The lowest BCUT2D eigenvalue weighted by atomic mass is 9.91.